The van der Waals surface area contributed by atoms with Crippen LogP contribution in [-0.2, 0) is 17.6 Å². The minimum Gasteiger partial charge on any atom is -0.478 e. The van der Waals surface area contributed by atoms with Crippen LogP contribution in [0.1, 0.15) is 56.0 Å². The number of fused-ring (bicyclic) bond motifs is 1. The molecule has 6 nitrogen and oxygen atoms in total. The summed E-state index contributed by atoms with van der Waals surface area (Å²) in [6, 6.07) is 4.81. The number of rotatable bonds is 4. The fourth-order valence-corrected chi connectivity index (χ4v) is 4.85. The molecule has 0 unspecified atom stereocenters. The Balaban J connectivity index is 1.85. The lowest BCUT2D eigenvalue weighted by molar-refractivity contribution is 0.0600. The zero-order chi connectivity index (χ0) is 20.3. The van der Waals surface area contributed by atoms with E-state index >= 15 is 0 Å². The van der Waals surface area contributed by atoms with E-state index in [1.165, 1.54) is 29.4 Å². The second-order valence-corrected chi connectivity index (χ2v) is 8.19. The van der Waals surface area contributed by atoms with Crippen LogP contribution >= 0.6 is 23.6 Å². The maximum Gasteiger partial charge on any atom is 0.341 e. The Bertz CT molecular complexity index is 937. The topological polar surface area (TPSA) is 87.7 Å². The highest BCUT2D eigenvalue weighted by molar-refractivity contribution is 7.80. The number of benzene rings is 1. The number of hydrogen-bond donors (Lipinski definition) is 3. The van der Waals surface area contributed by atoms with Crippen molar-refractivity contribution >= 4 is 51.3 Å². The number of thiocarbonyl (C=S) groups is 1. The van der Waals surface area contributed by atoms with Gasteiger partial charge in [0, 0.05) is 10.6 Å². The van der Waals surface area contributed by atoms with Crippen LogP contribution in [0, 0.1) is 6.92 Å². The first-order valence-corrected chi connectivity index (χ1v) is 10.3. The molecule has 0 atom stereocenters. The van der Waals surface area contributed by atoms with E-state index in [0.29, 0.717) is 21.4 Å². The number of carbonyl (C=O) groups is 2. The molecule has 1 aliphatic carbocycles. The van der Waals surface area contributed by atoms with Crippen molar-refractivity contribution < 1.29 is 19.4 Å². The highest BCUT2D eigenvalue weighted by atomic mass is 32.1. The second kappa shape index (κ2) is 8.70. The number of methoxy groups -OCH3 is 1. The van der Waals surface area contributed by atoms with Crippen molar-refractivity contribution in [2.24, 2.45) is 0 Å². The highest BCUT2D eigenvalue weighted by Crippen LogP contribution is 2.38. The van der Waals surface area contributed by atoms with Gasteiger partial charge in [-0.2, -0.15) is 0 Å². The van der Waals surface area contributed by atoms with E-state index in [2.05, 4.69) is 10.6 Å². The van der Waals surface area contributed by atoms with Crippen molar-refractivity contribution in [3.8, 4) is 0 Å². The lowest BCUT2D eigenvalue weighted by atomic mass is 10.1. The molecule has 3 rings (SSSR count). The molecule has 148 valence electrons. The number of carboxylic acids is 1. The zero-order valence-electron chi connectivity index (χ0n) is 15.8. The third-order valence-corrected chi connectivity index (χ3v) is 6.18. The molecule has 2 aromatic rings. The summed E-state index contributed by atoms with van der Waals surface area (Å²) < 4.78 is 5.00. The van der Waals surface area contributed by atoms with Crippen molar-refractivity contribution in [3.63, 3.8) is 0 Å². The lowest BCUT2D eigenvalue weighted by Crippen LogP contribution is -2.21. The van der Waals surface area contributed by atoms with Crippen LogP contribution < -0.4 is 10.6 Å². The number of ether oxygens (including phenoxy) is 1. The van der Waals surface area contributed by atoms with Gasteiger partial charge in [0.15, 0.2) is 5.11 Å². The van der Waals surface area contributed by atoms with Crippen molar-refractivity contribution in [2.75, 3.05) is 17.7 Å². The molecule has 0 bridgehead atoms. The molecule has 8 heteroatoms. The number of carbonyl (C=O) groups excluding carboxylic acids is 1. The molecule has 0 spiro atoms. The number of nitrogens with one attached hydrogen (secondary N) is 2. The van der Waals surface area contributed by atoms with Gasteiger partial charge in [-0.25, -0.2) is 9.59 Å². The molecule has 0 aliphatic heterocycles. The Labute approximate surface area is 172 Å². The fraction of sp³-hybridized carbons (Fsp3) is 0.350. The highest BCUT2D eigenvalue weighted by Gasteiger charge is 2.25. The number of hydrogen-bond acceptors (Lipinski definition) is 5. The quantitative estimate of drug-likeness (QED) is 0.379. The number of esters is 1. The molecule has 0 radical (unpaired) electrons. The van der Waals surface area contributed by atoms with Gasteiger partial charge in [0.05, 0.1) is 18.2 Å². The average Bonchev–Trinajstić information content (AvgIpc) is 2.83. The molecule has 3 N–H and O–H groups in total. The number of thiophene rings is 1. The smallest absolute Gasteiger partial charge is 0.341 e. The Hall–Kier alpha value is -2.45. The molecule has 0 saturated heterocycles. The van der Waals surface area contributed by atoms with Gasteiger partial charge in [0.1, 0.15) is 5.00 Å². The van der Waals surface area contributed by atoms with Gasteiger partial charge >= 0.3 is 11.9 Å². The number of carboxylic acid groups (broad SMARTS) is 1. The standard InChI is InChI=1S/C20H22N2O4S2/c1-11-8-9-12(18(23)24)10-14(11)21-20(27)22-17-16(19(25)26-2)13-6-4-3-5-7-15(13)28-17/h8-10H,3-7H2,1-2H3,(H,23,24)(H2,21,22,27). The van der Waals surface area contributed by atoms with Crippen molar-refractivity contribution in [1.82, 2.24) is 0 Å². The van der Waals surface area contributed by atoms with Crippen LogP contribution in [0.5, 0.6) is 0 Å². The summed E-state index contributed by atoms with van der Waals surface area (Å²) in [5.41, 5.74) is 3.27. The molecule has 0 saturated carbocycles. The molecule has 1 aromatic carbocycles. The van der Waals surface area contributed by atoms with E-state index in [1.807, 2.05) is 6.92 Å². The first kappa shape index (κ1) is 20.3. The van der Waals surface area contributed by atoms with Crippen molar-refractivity contribution in [3.05, 3.63) is 45.3 Å². The van der Waals surface area contributed by atoms with Crippen LogP contribution in [-0.4, -0.2) is 29.3 Å². The maximum atomic E-state index is 12.4. The summed E-state index contributed by atoms with van der Waals surface area (Å²) in [6.45, 7) is 1.86. The average molecular weight is 419 g/mol. The predicted molar refractivity (Wildman–Crippen MR) is 115 cm³/mol. The second-order valence-electron chi connectivity index (χ2n) is 6.67. The molecule has 28 heavy (non-hydrogen) atoms. The Morgan fingerprint density at radius 3 is 2.64 bits per heavy atom. The van der Waals surface area contributed by atoms with E-state index in [4.69, 9.17) is 17.0 Å². The lowest BCUT2D eigenvalue weighted by Gasteiger charge is -2.13. The van der Waals surface area contributed by atoms with Gasteiger partial charge in [-0.3, -0.25) is 0 Å². The third kappa shape index (κ3) is 4.34. The first-order chi connectivity index (χ1) is 13.4. The van der Waals surface area contributed by atoms with E-state index in [1.54, 1.807) is 12.1 Å². The summed E-state index contributed by atoms with van der Waals surface area (Å²) in [7, 11) is 1.38. The molecule has 0 amide bonds. The zero-order valence-corrected chi connectivity index (χ0v) is 17.4. The van der Waals surface area contributed by atoms with Gasteiger partial charge in [0.25, 0.3) is 0 Å². The molecule has 1 aromatic heterocycles. The monoisotopic (exact) mass is 418 g/mol. The Morgan fingerprint density at radius 2 is 1.93 bits per heavy atom. The predicted octanol–water partition coefficient (Wildman–Crippen LogP) is 4.62. The summed E-state index contributed by atoms with van der Waals surface area (Å²) >= 11 is 6.96. The molecule has 0 fully saturated rings. The summed E-state index contributed by atoms with van der Waals surface area (Å²) in [5.74, 6) is -1.37. The van der Waals surface area contributed by atoms with Gasteiger partial charge < -0.3 is 20.5 Å². The van der Waals surface area contributed by atoms with Gasteiger partial charge in [-0.15, -0.1) is 11.3 Å². The van der Waals surface area contributed by atoms with Crippen LogP contribution in [0.3, 0.4) is 0 Å². The first-order valence-electron chi connectivity index (χ1n) is 9.05. The fourth-order valence-electron chi connectivity index (χ4n) is 3.30. The van der Waals surface area contributed by atoms with Gasteiger partial charge in [-0.05, 0) is 68.1 Å². The molecule has 1 heterocycles. The van der Waals surface area contributed by atoms with Crippen molar-refractivity contribution in [2.45, 2.75) is 39.0 Å². The van der Waals surface area contributed by atoms with E-state index < -0.39 is 5.97 Å². The normalized spacial score (nSPS) is 13.2. The third-order valence-electron chi connectivity index (χ3n) is 4.77. The number of aromatic carboxylic acids is 1. The minimum atomic E-state index is -1.00. The number of anilines is 2. The summed E-state index contributed by atoms with van der Waals surface area (Å²) in [6.07, 6.45) is 5.13. The molecular formula is C20H22N2O4S2. The molecule has 1 aliphatic rings. The van der Waals surface area contributed by atoms with Crippen LogP contribution in [0.2, 0.25) is 0 Å². The van der Waals surface area contributed by atoms with Crippen LogP contribution in [0.15, 0.2) is 18.2 Å². The Morgan fingerprint density at radius 1 is 1.18 bits per heavy atom. The maximum absolute atomic E-state index is 12.4. The van der Waals surface area contributed by atoms with Crippen LogP contribution in [0.4, 0.5) is 10.7 Å². The van der Waals surface area contributed by atoms with E-state index in [-0.39, 0.29) is 11.5 Å². The number of aryl methyl sites for hydroxylation is 2. The van der Waals surface area contributed by atoms with E-state index in [9.17, 15) is 14.7 Å². The van der Waals surface area contributed by atoms with Gasteiger partial charge in [-0.1, -0.05) is 12.5 Å². The van der Waals surface area contributed by atoms with Crippen molar-refractivity contribution in [1.29, 1.82) is 0 Å². The molecular weight excluding hydrogens is 396 g/mol. The van der Waals surface area contributed by atoms with E-state index in [0.717, 1.165) is 43.2 Å². The Kier molecular flexibility index (Phi) is 6.31. The summed E-state index contributed by atoms with van der Waals surface area (Å²) in [5, 5.41) is 16.3. The largest absolute Gasteiger partial charge is 0.478 e. The minimum absolute atomic E-state index is 0.175. The SMILES string of the molecule is COC(=O)c1c(NC(=S)Nc2cc(C(=O)O)ccc2C)sc2c1CCCCC2. The van der Waals surface area contributed by atoms with Gasteiger partial charge in [0.2, 0.25) is 0 Å². The summed E-state index contributed by atoms with van der Waals surface area (Å²) in [4.78, 5) is 24.8. The van der Waals surface area contributed by atoms with Crippen LogP contribution in [0.25, 0.3) is 0 Å².